The van der Waals surface area contributed by atoms with Crippen LogP contribution in [0.5, 0.6) is 0 Å². The van der Waals surface area contributed by atoms with Crippen molar-refractivity contribution in [2.24, 2.45) is 0 Å². The third-order valence-electron chi connectivity index (χ3n) is 4.69. The van der Waals surface area contributed by atoms with Crippen molar-refractivity contribution in [2.75, 3.05) is 13.6 Å². The first kappa shape index (κ1) is 16.6. The van der Waals surface area contributed by atoms with Crippen LogP contribution in [0.1, 0.15) is 38.4 Å². The molecule has 1 heterocycles. The van der Waals surface area contributed by atoms with E-state index in [1.54, 1.807) is 4.90 Å². The first-order chi connectivity index (χ1) is 11.6. The molecule has 2 aromatic rings. The predicted octanol–water partition coefficient (Wildman–Crippen LogP) is 3.64. The molecular formula is C19H26N4O. The van der Waals surface area contributed by atoms with Crippen molar-refractivity contribution in [3.8, 4) is 0 Å². The topological polar surface area (TPSA) is 61.0 Å². The van der Waals surface area contributed by atoms with E-state index in [1.165, 1.54) is 18.4 Å². The normalized spacial score (nSPS) is 15.8. The number of H-pyrrole nitrogens is 1. The van der Waals surface area contributed by atoms with Gasteiger partial charge in [0.15, 0.2) is 0 Å². The van der Waals surface area contributed by atoms with Crippen LogP contribution in [0.3, 0.4) is 0 Å². The molecule has 1 atom stereocenters. The number of para-hydroxylation sites is 2. The Labute approximate surface area is 143 Å². The quantitative estimate of drug-likeness (QED) is 0.824. The Morgan fingerprint density at radius 1 is 1.38 bits per heavy atom. The minimum Gasteiger partial charge on any atom is -0.342 e. The second-order valence-corrected chi connectivity index (χ2v) is 6.57. The molecule has 0 saturated carbocycles. The number of rotatable bonds is 5. The van der Waals surface area contributed by atoms with Gasteiger partial charge in [-0.05, 0) is 44.7 Å². The monoisotopic (exact) mass is 326 g/mol. The number of carbonyl (C=O) groups is 1. The average molecular weight is 326 g/mol. The molecule has 2 N–H and O–H groups in total. The van der Waals surface area contributed by atoms with Crippen LogP contribution in [0.25, 0.3) is 11.0 Å². The van der Waals surface area contributed by atoms with Crippen molar-refractivity contribution in [1.82, 2.24) is 20.2 Å². The molecule has 2 amide bonds. The van der Waals surface area contributed by atoms with Crippen molar-refractivity contribution < 1.29 is 4.79 Å². The number of imidazole rings is 1. The van der Waals surface area contributed by atoms with Gasteiger partial charge in [0.2, 0.25) is 0 Å². The van der Waals surface area contributed by atoms with Crippen LogP contribution in [-0.4, -0.2) is 40.5 Å². The van der Waals surface area contributed by atoms with Crippen molar-refractivity contribution in [1.29, 1.82) is 0 Å². The van der Waals surface area contributed by atoms with Gasteiger partial charge in [0.05, 0.1) is 11.0 Å². The zero-order chi connectivity index (χ0) is 16.9. The molecular weight excluding hydrogens is 300 g/mol. The van der Waals surface area contributed by atoms with Crippen LogP contribution in [0.4, 0.5) is 4.79 Å². The molecule has 0 radical (unpaired) electrons. The van der Waals surface area contributed by atoms with Gasteiger partial charge >= 0.3 is 6.03 Å². The van der Waals surface area contributed by atoms with Gasteiger partial charge < -0.3 is 15.2 Å². The van der Waals surface area contributed by atoms with Gasteiger partial charge in [0.1, 0.15) is 5.82 Å². The predicted molar refractivity (Wildman–Crippen MR) is 97.0 cm³/mol. The largest absolute Gasteiger partial charge is 0.342 e. The molecule has 1 aromatic carbocycles. The number of allylic oxidation sites excluding steroid dienone is 1. The summed E-state index contributed by atoms with van der Waals surface area (Å²) in [5.74, 6) is 0.916. The molecule has 1 aliphatic rings. The number of benzene rings is 1. The van der Waals surface area contributed by atoms with E-state index < -0.39 is 0 Å². The number of hydrogen-bond donors (Lipinski definition) is 2. The fourth-order valence-corrected chi connectivity index (χ4v) is 3.14. The van der Waals surface area contributed by atoms with E-state index in [1.807, 2.05) is 31.3 Å². The van der Waals surface area contributed by atoms with Gasteiger partial charge in [0.25, 0.3) is 0 Å². The SMILES string of the molecule is C[C@H](NC(=O)N(C)CCc1nc2ccccc2[nH]1)C1=CCCCC1. The Kier molecular flexibility index (Phi) is 5.18. The first-order valence-electron chi connectivity index (χ1n) is 8.77. The van der Waals surface area contributed by atoms with Crippen molar-refractivity contribution >= 4 is 17.1 Å². The number of amides is 2. The summed E-state index contributed by atoms with van der Waals surface area (Å²) in [6.07, 6.45) is 7.73. The molecule has 3 rings (SSSR count). The number of aromatic nitrogens is 2. The number of carbonyl (C=O) groups excluding carboxylic acids is 1. The Morgan fingerprint density at radius 3 is 2.96 bits per heavy atom. The Balaban J connectivity index is 1.51. The Hall–Kier alpha value is -2.30. The van der Waals surface area contributed by atoms with E-state index >= 15 is 0 Å². The lowest BCUT2D eigenvalue weighted by molar-refractivity contribution is 0.207. The van der Waals surface area contributed by atoms with E-state index in [4.69, 9.17) is 0 Å². The number of aromatic amines is 1. The summed E-state index contributed by atoms with van der Waals surface area (Å²) in [5, 5.41) is 3.10. The number of likely N-dealkylation sites (N-methyl/N-ethyl adjacent to an activating group) is 1. The van der Waals surface area contributed by atoms with Crippen LogP contribution in [-0.2, 0) is 6.42 Å². The highest BCUT2D eigenvalue weighted by molar-refractivity contribution is 5.75. The van der Waals surface area contributed by atoms with Crippen LogP contribution in [0.15, 0.2) is 35.9 Å². The number of nitrogens with zero attached hydrogens (tertiary/aromatic N) is 2. The minimum atomic E-state index is -0.0231. The molecule has 24 heavy (non-hydrogen) atoms. The second kappa shape index (κ2) is 7.51. The molecule has 0 unspecified atom stereocenters. The number of urea groups is 1. The fourth-order valence-electron chi connectivity index (χ4n) is 3.14. The summed E-state index contributed by atoms with van der Waals surface area (Å²) >= 11 is 0. The van der Waals surface area contributed by atoms with Crippen molar-refractivity contribution in [3.63, 3.8) is 0 Å². The van der Waals surface area contributed by atoms with E-state index in [-0.39, 0.29) is 12.1 Å². The second-order valence-electron chi connectivity index (χ2n) is 6.57. The maximum Gasteiger partial charge on any atom is 0.317 e. The molecule has 0 bridgehead atoms. The molecule has 1 aliphatic carbocycles. The lowest BCUT2D eigenvalue weighted by Crippen LogP contribution is -2.43. The van der Waals surface area contributed by atoms with E-state index in [0.717, 1.165) is 36.1 Å². The van der Waals surface area contributed by atoms with Gasteiger partial charge in [-0.1, -0.05) is 23.8 Å². The summed E-state index contributed by atoms with van der Waals surface area (Å²) in [5.41, 5.74) is 3.37. The molecule has 0 spiro atoms. The number of nitrogens with one attached hydrogen (secondary N) is 2. The Morgan fingerprint density at radius 2 is 2.21 bits per heavy atom. The molecule has 5 nitrogen and oxygen atoms in total. The van der Waals surface area contributed by atoms with Gasteiger partial charge in [-0.25, -0.2) is 9.78 Å². The first-order valence-corrected chi connectivity index (χ1v) is 8.77. The molecule has 5 heteroatoms. The highest BCUT2D eigenvalue weighted by Gasteiger charge is 2.16. The minimum absolute atomic E-state index is 0.0231. The van der Waals surface area contributed by atoms with E-state index in [9.17, 15) is 4.79 Å². The van der Waals surface area contributed by atoms with Crippen LogP contribution < -0.4 is 5.32 Å². The molecule has 0 saturated heterocycles. The van der Waals surface area contributed by atoms with Gasteiger partial charge in [-0.15, -0.1) is 0 Å². The van der Waals surface area contributed by atoms with E-state index in [2.05, 4.69) is 28.3 Å². The molecule has 128 valence electrons. The van der Waals surface area contributed by atoms with Crippen molar-refractivity contribution in [2.45, 2.75) is 45.1 Å². The fraction of sp³-hybridized carbons (Fsp3) is 0.474. The summed E-state index contributed by atoms with van der Waals surface area (Å²) in [6.45, 7) is 2.71. The van der Waals surface area contributed by atoms with Crippen LogP contribution >= 0.6 is 0 Å². The zero-order valence-corrected chi connectivity index (χ0v) is 14.5. The van der Waals surface area contributed by atoms with Gasteiger partial charge in [0, 0.05) is 26.1 Å². The highest BCUT2D eigenvalue weighted by Crippen LogP contribution is 2.20. The summed E-state index contributed by atoms with van der Waals surface area (Å²) in [7, 11) is 1.83. The third kappa shape index (κ3) is 3.96. The smallest absolute Gasteiger partial charge is 0.317 e. The zero-order valence-electron chi connectivity index (χ0n) is 14.5. The Bertz CT molecular complexity index is 701. The summed E-state index contributed by atoms with van der Waals surface area (Å²) in [6, 6.07) is 8.07. The standard InChI is InChI=1S/C19H26N4O/c1-14(15-8-4-3-5-9-15)20-19(24)23(2)13-12-18-21-16-10-6-7-11-17(16)22-18/h6-8,10-11,14H,3-5,9,12-13H2,1-2H3,(H,20,24)(H,21,22)/t14-/m0/s1. The van der Waals surface area contributed by atoms with Gasteiger partial charge in [-0.3, -0.25) is 0 Å². The van der Waals surface area contributed by atoms with Crippen LogP contribution in [0.2, 0.25) is 0 Å². The number of hydrogen-bond acceptors (Lipinski definition) is 2. The molecule has 1 aromatic heterocycles. The highest BCUT2D eigenvalue weighted by atomic mass is 16.2. The number of fused-ring (bicyclic) bond motifs is 1. The maximum absolute atomic E-state index is 12.3. The van der Waals surface area contributed by atoms with Crippen LogP contribution in [0, 0.1) is 0 Å². The molecule has 0 fully saturated rings. The third-order valence-corrected chi connectivity index (χ3v) is 4.69. The summed E-state index contributed by atoms with van der Waals surface area (Å²) < 4.78 is 0. The lowest BCUT2D eigenvalue weighted by atomic mass is 9.95. The molecule has 0 aliphatic heterocycles. The van der Waals surface area contributed by atoms with Gasteiger partial charge in [-0.2, -0.15) is 0 Å². The van der Waals surface area contributed by atoms with E-state index in [0.29, 0.717) is 6.54 Å². The maximum atomic E-state index is 12.3. The average Bonchev–Trinajstić information content (AvgIpc) is 3.03. The van der Waals surface area contributed by atoms with Crippen molar-refractivity contribution in [3.05, 3.63) is 41.7 Å². The lowest BCUT2D eigenvalue weighted by Gasteiger charge is -2.24. The summed E-state index contributed by atoms with van der Waals surface area (Å²) in [4.78, 5) is 21.9.